The van der Waals surface area contributed by atoms with Crippen LogP contribution in [0.25, 0.3) is 0 Å². The number of hydrogen-bond acceptors (Lipinski definition) is 5. The number of anilines is 1. The fourth-order valence-electron chi connectivity index (χ4n) is 3.27. The van der Waals surface area contributed by atoms with Gasteiger partial charge in [-0.05, 0) is 29.3 Å². The molecule has 0 saturated carbocycles. The molecule has 30 heavy (non-hydrogen) atoms. The number of hydrogen-bond donors (Lipinski definition) is 1. The molecule has 0 unspecified atom stereocenters. The predicted molar refractivity (Wildman–Crippen MR) is 122 cm³/mol. The number of halogens is 2. The highest BCUT2D eigenvalue weighted by atomic mass is 35.5. The molecule has 156 valence electrons. The van der Waals surface area contributed by atoms with E-state index in [1.165, 1.54) is 16.9 Å². The van der Waals surface area contributed by atoms with E-state index in [2.05, 4.69) is 15.2 Å². The highest BCUT2D eigenvalue weighted by Gasteiger charge is 2.13. The molecular weight excluding hydrogens is 441 g/mol. The smallest absolute Gasteiger partial charge is 0.257 e. The van der Waals surface area contributed by atoms with E-state index < -0.39 is 0 Å². The lowest BCUT2D eigenvalue weighted by molar-refractivity contribution is 0.0342. The van der Waals surface area contributed by atoms with Crippen LogP contribution in [0.15, 0.2) is 48.7 Å². The summed E-state index contributed by atoms with van der Waals surface area (Å²) >= 11 is 13.8. The van der Waals surface area contributed by atoms with E-state index in [0.717, 1.165) is 43.3 Å². The van der Waals surface area contributed by atoms with Crippen molar-refractivity contribution in [3.63, 3.8) is 0 Å². The molecule has 3 aromatic rings. The van der Waals surface area contributed by atoms with Crippen LogP contribution in [0.5, 0.6) is 0 Å². The van der Waals surface area contributed by atoms with Gasteiger partial charge in [0.1, 0.15) is 0 Å². The molecule has 1 aliphatic rings. The molecule has 2 heterocycles. The summed E-state index contributed by atoms with van der Waals surface area (Å²) in [5.41, 5.74) is 2.72. The first-order valence-corrected chi connectivity index (χ1v) is 11.2. The second kappa shape index (κ2) is 9.90. The number of nitrogens with one attached hydrogen (secondary N) is 1. The van der Waals surface area contributed by atoms with E-state index in [0.29, 0.717) is 27.2 Å². The Labute approximate surface area is 189 Å². The number of rotatable bonds is 6. The molecule has 0 atom stereocenters. The van der Waals surface area contributed by atoms with Crippen molar-refractivity contribution in [2.75, 3.05) is 31.6 Å². The molecule has 2 aromatic carbocycles. The van der Waals surface area contributed by atoms with Crippen molar-refractivity contribution >= 4 is 45.6 Å². The van der Waals surface area contributed by atoms with Crippen molar-refractivity contribution in [1.82, 2.24) is 9.88 Å². The van der Waals surface area contributed by atoms with Crippen molar-refractivity contribution in [3.05, 3.63) is 80.3 Å². The van der Waals surface area contributed by atoms with Crippen LogP contribution in [0.1, 0.15) is 26.4 Å². The summed E-state index contributed by atoms with van der Waals surface area (Å²) in [5.74, 6) is -0.172. The van der Waals surface area contributed by atoms with Crippen molar-refractivity contribution in [3.8, 4) is 0 Å². The summed E-state index contributed by atoms with van der Waals surface area (Å²) < 4.78 is 5.38. The zero-order chi connectivity index (χ0) is 20.9. The summed E-state index contributed by atoms with van der Waals surface area (Å²) in [5, 5.41) is 4.52. The Kier molecular flexibility index (Phi) is 7.02. The molecule has 5 nitrogen and oxygen atoms in total. The third-order valence-electron chi connectivity index (χ3n) is 4.90. The summed E-state index contributed by atoms with van der Waals surface area (Å²) in [7, 11) is 0. The van der Waals surface area contributed by atoms with Crippen molar-refractivity contribution in [2.45, 2.75) is 13.0 Å². The first-order valence-electron chi connectivity index (χ1n) is 9.66. The fourth-order valence-corrected chi connectivity index (χ4v) is 4.49. The number of amides is 1. The first-order chi connectivity index (χ1) is 14.6. The molecule has 1 amide bonds. The maximum atomic E-state index is 12.6. The lowest BCUT2D eigenvalue weighted by Gasteiger charge is -2.26. The average molecular weight is 462 g/mol. The van der Waals surface area contributed by atoms with Gasteiger partial charge < -0.3 is 4.74 Å². The van der Waals surface area contributed by atoms with E-state index in [1.54, 1.807) is 12.3 Å². The maximum absolute atomic E-state index is 12.6. The maximum Gasteiger partial charge on any atom is 0.257 e. The van der Waals surface area contributed by atoms with Crippen LogP contribution in [0.2, 0.25) is 10.0 Å². The predicted octanol–water partition coefficient (Wildman–Crippen LogP) is 5.13. The van der Waals surface area contributed by atoms with Crippen LogP contribution in [0.3, 0.4) is 0 Å². The minimum Gasteiger partial charge on any atom is -0.379 e. The summed E-state index contributed by atoms with van der Waals surface area (Å²) in [6.07, 6.45) is 2.37. The number of carbonyl (C=O) groups is 1. The molecule has 1 aliphatic heterocycles. The minimum atomic E-state index is -0.172. The zero-order valence-electron chi connectivity index (χ0n) is 16.2. The Balaban J connectivity index is 1.35. The SMILES string of the molecule is O=C(Nc1ncc(Cc2cccc(Cl)c2Cl)s1)c1ccc(CN2CCOCC2)cc1. The quantitative estimate of drug-likeness (QED) is 0.552. The molecule has 1 N–H and O–H groups in total. The molecule has 4 rings (SSSR count). The second-order valence-electron chi connectivity index (χ2n) is 7.06. The van der Waals surface area contributed by atoms with Gasteiger partial charge >= 0.3 is 0 Å². The second-order valence-corrected chi connectivity index (χ2v) is 8.96. The molecule has 0 aliphatic carbocycles. The van der Waals surface area contributed by atoms with Crippen molar-refractivity contribution in [2.24, 2.45) is 0 Å². The first kappa shape index (κ1) is 21.3. The van der Waals surface area contributed by atoms with Gasteiger partial charge in [-0.2, -0.15) is 0 Å². The van der Waals surface area contributed by atoms with Crippen LogP contribution in [-0.2, 0) is 17.7 Å². The Morgan fingerprint density at radius 2 is 1.90 bits per heavy atom. The average Bonchev–Trinajstić information content (AvgIpc) is 3.19. The molecule has 0 radical (unpaired) electrons. The lowest BCUT2D eigenvalue weighted by atomic mass is 10.1. The van der Waals surface area contributed by atoms with Crippen LogP contribution < -0.4 is 5.32 Å². The normalized spacial score (nSPS) is 14.6. The number of nitrogens with zero attached hydrogens (tertiary/aromatic N) is 2. The number of ether oxygens (including phenoxy) is 1. The molecule has 1 saturated heterocycles. The monoisotopic (exact) mass is 461 g/mol. The van der Waals surface area contributed by atoms with Gasteiger partial charge in [0, 0.05) is 42.7 Å². The number of benzene rings is 2. The third kappa shape index (κ3) is 5.39. The van der Waals surface area contributed by atoms with E-state index >= 15 is 0 Å². The topological polar surface area (TPSA) is 54.5 Å². The van der Waals surface area contributed by atoms with Gasteiger partial charge in [0.15, 0.2) is 5.13 Å². The minimum absolute atomic E-state index is 0.172. The molecule has 1 aromatic heterocycles. The molecule has 0 bridgehead atoms. The van der Waals surface area contributed by atoms with Gasteiger partial charge in [0.05, 0.1) is 23.3 Å². The summed E-state index contributed by atoms with van der Waals surface area (Å²) in [6.45, 7) is 4.30. The zero-order valence-corrected chi connectivity index (χ0v) is 18.6. The van der Waals surface area contributed by atoms with Crippen molar-refractivity contribution < 1.29 is 9.53 Å². The molecular formula is C22H21Cl2N3O2S. The Morgan fingerprint density at radius 3 is 2.67 bits per heavy atom. The third-order valence-corrected chi connectivity index (χ3v) is 6.67. The van der Waals surface area contributed by atoms with E-state index in [9.17, 15) is 4.79 Å². The van der Waals surface area contributed by atoms with Gasteiger partial charge in [0.25, 0.3) is 5.91 Å². The van der Waals surface area contributed by atoms with Gasteiger partial charge in [-0.3, -0.25) is 15.0 Å². The summed E-state index contributed by atoms with van der Waals surface area (Å²) in [6, 6.07) is 13.3. The van der Waals surface area contributed by atoms with Gasteiger partial charge in [-0.1, -0.05) is 47.5 Å². The van der Waals surface area contributed by atoms with Crippen LogP contribution in [-0.4, -0.2) is 42.1 Å². The van der Waals surface area contributed by atoms with Crippen LogP contribution >= 0.6 is 34.5 Å². The van der Waals surface area contributed by atoms with E-state index in [4.69, 9.17) is 27.9 Å². The molecule has 0 spiro atoms. The van der Waals surface area contributed by atoms with Crippen molar-refractivity contribution in [1.29, 1.82) is 0 Å². The molecule has 1 fully saturated rings. The van der Waals surface area contributed by atoms with Gasteiger partial charge in [-0.25, -0.2) is 4.98 Å². The summed E-state index contributed by atoms with van der Waals surface area (Å²) in [4.78, 5) is 20.2. The number of thiazole rings is 1. The van der Waals surface area contributed by atoms with Gasteiger partial charge in [-0.15, -0.1) is 11.3 Å². The van der Waals surface area contributed by atoms with E-state index in [-0.39, 0.29) is 5.91 Å². The number of aromatic nitrogens is 1. The number of morpholine rings is 1. The highest BCUT2D eigenvalue weighted by molar-refractivity contribution is 7.15. The van der Waals surface area contributed by atoms with E-state index in [1.807, 2.05) is 36.4 Å². The van der Waals surface area contributed by atoms with Gasteiger partial charge in [0.2, 0.25) is 0 Å². The molecule has 8 heteroatoms. The Bertz CT molecular complexity index is 1020. The highest BCUT2D eigenvalue weighted by Crippen LogP contribution is 2.29. The Hall–Kier alpha value is -1.96. The fraction of sp³-hybridized carbons (Fsp3) is 0.273. The van der Waals surface area contributed by atoms with Crippen LogP contribution in [0, 0.1) is 0 Å². The number of carbonyl (C=O) groups excluding carboxylic acids is 1. The lowest BCUT2D eigenvalue weighted by Crippen LogP contribution is -2.35. The Morgan fingerprint density at radius 1 is 1.13 bits per heavy atom. The largest absolute Gasteiger partial charge is 0.379 e. The standard InChI is InChI=1S/C22H21Cl2N3O2S/c23-19-3-1-2-17(20(19)24)12-18-13-25-22(30-18)26-21(28)16-6-4-15(5-7-16)14-27-8-10-29-11-9-27/h1-7,13H,8-12,14H2,(H,25,26,28). The van der Waals surface area contributed by atoms with Crippen LogP contribution in [0.4, 0.5) is 5.13 Å².